The van der Waals surface area contributed by atoms with Crippen LogP contribution in [0.15, 0.2) is 18.3 Å². The molecule has 2 amide bonds. The molecule has 1 aliphatic rings. The summed E-state index contributed by atoms with van der Waals surface area (Å²) in [6.45, 7) is 9.86. The van der Waals surface area contributed by atoms with Crippen LogP contribution in [0.5, 0.6) is 0 Å². The average Bonchev–Trinajstić information content (AvgIpc) is 2.61. The Balaban J connectivity index is 1.74. The number of aryl methyl sites for hydroxylation is 1. The smallest absolute Gasteiger partial charge is 0.315 e. The fraction of sp³-hybridized carbons (Fsp3) is 0.684. The Morgan fingerprint density at radius 3 is 2.68 bits per heavy atom. The summed E-state index contributed by atoms with van der Waals surface area (Å²) < 4.78 is 0. The molecule has 1 aromatic rings. The zero-order valence-corrected chi connectivity index (χ0v) is 15.9. The third kappa shape index (κ3) is 5.59. The van der Waals surface area contributed by atoms with Crippen LogP contribution in [0.3, 0.4) is 0 Å². The van der Waals surface area contributed by atoms with Crippen molar-refractivity contribution in [1.29, 1.82) is 0 Å². The number of nitrogens with one attached hydrogen (secondary N) is 2. The van der Waals surface area contributed by atoms with E-state index >= 15 is 0 Å². The van der Waals surface area contributed by atoms with Gasteiger partial charge >= 0.3 is 6.03 Å². The van der Waals surface area contributed by atoms with Crippen LogP contribution in [0.4, 0.5) is 10.6 Å². The van der Waals surface area contributed by atoms with Gasteiger partial charge < -0.3 is 20.6 Å². The summed E-state index contributed by atoms with van der Waals surface area (Å²) in [6, 6.07) is 4.08. The maximum atomic E-state index is 12.1. The molecule has 1 aliphatic heterocycles. The average molecular weight is 348 g/mol. The summed E-state index contributed by atoms with van der Waals surface area (Å²) in [4.78, 5) is 18.8. The third-order valence-corrected chi connectivity index (χ3v) is 5.33. The number of carbonyl (C=O) groups is 1. The van der Waals surface area contributed by atoms with E-state index in [1.54, 1.807) is 6.92 Å². The number of nitrogens with zero attached hydrogens (tertiary/aromatic N) is 2. The molecule has 2 heterocycles. The Morgan fingerprint density at radius 1 is 1.44 bits per heavy atom. The van der Waals surface area contributed by atoms with Gasteiger partial charge in [-0.05, 0) is 44.2 Å². The second-order valence-electron chi connectivity index (χ2n) is 7.45. The zero-order chi connectivity index (χ0) is 18.4. The van der Waals surface area contributed by atoms with Crippen LogP contribution in [0, 0.1) is 12.8 Å². The van der Waals surface area contributed by atoms with E-state index in [0.717, 1.165) is 43.7 Å². The third-order valence-electron chi connectivity index (χ3n) is 5.33. The lowest BCUT2D eigenvalue weighted by atomic mass is 9.89. The minimum atomic E-state index is -0.882. The van der Waals surface area contributed by atoms with Crippen molar-refractivity contribution in [2.75, 3.05) is 24.5 Å². The summed E-state index contributed by atoms with van der Waals surface area (Å²) >= 11 is 0. The van der Waals surface area contributed by atoms with Gasteiger partial charge in [0.25, 0.3) is 0 Å². The molecule has 140 valence electrons. The van der Waals surface area contributed by atoms with Gasteiger partial charge in [-0.1, -0.05) is 26.3 Å². The first-order chi connectivity index (χ1) is 11.8. The zero-order valence-electron chi connectivity index (χ0n) is 15.9. The number of anilines is 1. The van der Waals surface area contributed by atoms with Crippen molar-refractivity contribution in [2.45, 2.75) is 58.6 Å². The van der Waals surface area contributed by atoms with E-state index in [1.165, 1.54) is 0 Å². The molecule has 1 aromatic heterocycles. The summed E-state index contributed by atoms with van der Waals surface area (Å²) in [5.41, 5.74) is 0.275. The first-order valence-electron chi connectivity index (χ1n) is 9.26. The molecule has 0 saturated carbocycles. The summed E-state index contributed by atoms with van der Waals surface area (Å²) in [7, 11) is 0. The molecule has 2 atom stereocenters. The molecule has 2 unspecified atom stereocenters. The lowest BCUT2D eigenvalue weighted by Crippen LogP contribution is -2.52. The molecule has 0 bridgehead atoms. The SMILES string of the molecule is CCC(C)C(C)(O)CNC(=O)NC1CCN(c2ccc(C)cn2)CC1. The number of rotatable bonds is 6. The lowest BCUT2D eigenvalue weighted by Gasteiger charge is -2.34. The highest BCUT2D eigenvalue weighted by molar-refractivity contribution is 5.74. The van der Waals surface area contributed by atoms with Gasteiger partial charge in [-0.25, -0.2) is 9.78 Å². The molecule has 0 radical (unpaired) electrons. The van der Waals surface area contributed by atoms with Crippen LogP contribution >= 0.6 is 0 Å². The van der Waals surface area contributed by atoms with Gasteiger partial charge in [0.15, 0.2) is 0 Å². The van der Waals surface area contributed by atoms with Crippen molar-refractivity contribution in [1.82, 2.24) is 15.6 Å². The number of urea groups is 1. The topological polar surface area (TPSA) is 77.5 Å². The van der Waals surface area contributed by atoms with E-state index in [2.05, 4.69) is 26.6 Å². The van der Waals surface area contributed by atoms with Gasteiger partial charge in [0.1, 0.15) is 5.82 Å². The van der Waals surface area contributed by atoms with Crippen molar-refractivity contribution in [3.63, 3.8) is 0 Å². The number of aliphatic hydroxyl groups is 1. The fourth-order valence-electron chi connectivity index (χ4n) is 3.01. The molecule has 1 saturated heterocycles. The predicted molar refractivity (Wildman–Crippen MR) is 101 cm³/mol. The molecule has 0 aliphatic carbocycles. The lowest BCUT2D eigenvalue weighted by molar-refractivity contribution is 0.00782. The van der Waals surface area contributed by atoms with Crippen molar-refractivity contribution in [3.8, 4) is 0 Å². The van der Waals surface area contributed by atoms with Crippen molar-refractivity contribution >= 4 is 11.8 Å². The molecular formula is C19H32N4O2. The number of amides is 2. The first kappa shape index (κ1) is 19.5. The minimum absolute atomic E-state index is 0.137. The van der Waals surface area contributed by atoms with Crippen LogP contribution in [0.2, 0.25) is 0 Å². The first-order valence-corrected chi connectivity index (χ1v) is 9.26. The van der Waals surface area contributed by atoms with Gasteiger partial charge in [-0.3, -0.25) is 0 Å². The Kier molecular flexibility index (Phi) is 6.64. The molecule has 1 fully saturated rings. The van der Waals surface area contributed by atoms with Crippen LogP contribution in [-0.2, 0) is 0 Å². The Hall–Kier alpha value is -1.82. The van der Waals surface area contributed by atoms with Gasteiger partial charge in [0.05, 0.1) is 5.60 Å². The van der Waals surface area contributed by atoms with Crippen molar-refractivity contribution < 1.29 is 9.90 Å². The maximum absolute atomic E-state index is 12.1. The number of carbonyl (C=O) groups excluding carboxylic acids is 1. The predicted octanol–water partition coefficient (Wildman–Crippen LogP) is 2.46. The second-order valence-corrected chi connectivity index (χ2v) is 7.45. The fourth-order valence-corrected chi connectivity index (χ4v) is 3.01. The van der Waals surface area contributed by atoms with Crippen LogP contribution in [-0.4, -0.2) is 47.4 Å². The summed E-state index contributed by atoms with van der Waals surface area (Å²) in [6.07, 6.45) is 4.55. The van der Waals surface area contributed by atoms with E-state index in [4.69, 9.17) is 0 Å². The quantitative estimate of drug-likeness (QED) is 0.738. The number of hydrogen-bond donors (Lipinski definition) is 3. The molecule has 6 nitrogen and oxygen atoms in total. The Morgan fingerprint density at radius 2 is 2.12 bits per heavy atom. The van der Waals surface area contributed by atoms with E-state index in [9.17, 15) is 9.90 Å². The normalized spacial score (nSPS) is 19.2. The monoisotopic (exact) mass is 348 g/mol. The molecule has 25 heavy (non-hydrogen) atoms. The molecular weight excluding hydrogens is 316 g/mol. The van der Waals surface area contributed by atoms with E-state index < -0.39 is 5.60 Å². The largest absolute Gasteiger partial charge is 0.388 e. The van der Waals surface area contributed by atoms with E-state index in [-0.39, 0.29) is 24.5 Å². The van der Waals surface area contributed by atoms with E-state index in [1.807, 2.05) is 33.0 Å². The molecule has 0 aromatic carbocycles. The Labute approximate surface area is 151 Å². The van der Waals surface area contributed by atoms with Crippen molar-refractivity contribution in [2.24, 2.45) is 5.92 Å². The van der Waals surface area contributed by atoms with Crippen LogP contribution in [0.1, 0.15) is 45.6 Å². The highest BCUT2D eigenvalue weighted by atomic mass is 16.3. The minimum Gasteiger partial charge on any atom is -0.388 e. The number of aromatic nitrogens is 1. The van der Waals surface area contributed by atoms with Gasteiger partial charge in [-0.2, -0.15) is 0 Å². The molecule has 0 spiro atoms. The standard InChI is InChI=1S/C19H32N4O2/c1-5-15(3)19(4,25)13-21-18(24)22-16-8-10-23(11-9-16)17-7-6-14(2)12-20-17/h6-7,12,15-16,25H,5,8-11,13H2,1-4H3,(H2,21,22,24). The summed E-state index contributed by atoms with van der Waals surface area (Å²) in [5, 5.41) is 16.2. The van der Waals surface area contributed by atoms with Gasteiger partial charge in [0, 0.05) is 31.9 Å². The molecule has 3 N–H and O–H groups in total. The highest BCUT2D eigenvalue weighted by Gasteiger charge is 2.28. The molecule has 2 rings (SSSR count). The van der Waals surface area contributed by atoms with E-state index in [0.29, 0.717) is 0 Å². The van der Waals surface area contributed by atoms with Crippen LogP contribution in [0.25, 0.3) is 0 Å². The van der Waals surface area contributed by atoms with Gasteiger partial charge in [-0.15, -0.1) is 0 Å². The number of pyridine rings is 1. The Bertz CT molecular complexity index is 551. The molecule has 6 heteroatoms. The van der Waals surface area contributed by atoms with Crippen LogP contribution < -0.4 is 15.5 Å². The van der Waals surface area contributed by atoms with Crippen molar-refractivity contribution in [3.05, 3.63) is 23.9 Å². The maximum Gasteiger partial charge on any atom is 0.315 e. The highest BCUT2D eigenvalue weighted by Crippen LogP contribution is 2.19. The summed E-state index contributed by atoms with van der Waals surface area (Å²) in [5.74, 6) is 1.14. The number of hydrogen-bond acceptors (Lipinski definition) is 4. The second kappa shape index (κ2) is 8.52. The van der Waals surface area contributed by atoms with Gasteiger partial charge in [0.2, 0.25) is 0 Å². The number of piperidine rings is 1.